The molecule has 0 rings (SSSR count). The maximum Gasteiger partial charge on any atom is 1.00 e. The zero-order valence-corrected chi connectivity index (χ0v) is 12.0. The molecule has 1 unspecified atom stereocenters. The van der Waals surface area contributed by atoms with Crippen molar-refractivity contribution in [3.8, 4) is 0 Å². The fraction of sp³-hybridized carbons (Fsp3) is 1.00. The van der Waals surface area contributed by atoms with Gasteiger partial charge in [-0.15, -0.1) is 0 Å². The largest absolute Gasteiger partial charge is 1.00 e. The zero-order valence-electron chi connectivity index (χ0n) is 9.09. The first kappa shape index (κ1) is 16.7. The molecule has 3 heteroatoms. The number of unbranched alkanes of at least 4 members (excludes halogenated alkanes) is 6. The Morgan fingerprint density at radius 3 is 1.92 bits per heavy atom. The van der Waals surface area contributed by atoms with E-state index in [4.69, 9.17) is 0 Å². The van der Waals surface area contributed by atoms with E-state index in [1.54, 1.807) is 0 Å². The van der Waals surface area contributed by atoms with Crippen molar-refractivity contribution in [3.63, 3.8) is 0 Å². The van der Waals surface area contributed by atoms with Gasteiger partial charge in [-0.05, 0) is 0 Å². The molecule has 0 aromatic rings. The second-order valence-electron chi connectivity index (χ2n) is 3.36. The van der Waals surface area contributed by atoms with Crippen molar-refractivity contribution in [2.45, 2.75) is 63.7 Å². The second-order valence-corrected chi connectivity index (χ2v) is 3.94. The maximum atomic E-state index is 10.5. The summed E-state index contributed by atoms with van der Waals surface area (Å²) >= 11 is 3.80. The summed E-state index contributed by atoms with van der Waals surface area (Å²) in [7, 11) is 0. The molecule has 0 aromatic carbocycles. The van der Waals surface area contributed by atoms with Gasteiger partial charge in [0.25, 0.3) is 0 Å². The molecule has 0 bridgehead atoms. The Hall–Kier alpha value is 1.31. The van der Waals surface area contributed by atoms with Gasteiger partial charge in [0.05, 0.1) is 0 Å². The summed E-state index contributed by atoms with van der Waals surface area (Å²) in [5.74, 6) is 0. The minimum absolute atomic E-state index is 0. The quantitative estimate of drug-likeness (QED) is 0.255. The Morgan fingerprint density at radius 1 is 1.00 bits per heavy atom. The van der Waals surface area contributed by atoms with Crippen LogP contribution in [-0.4, -0.2) is 5.44 Å². The summed E-state index contributed by atoms with van der Waals surface area (Å²) in [5.41, 5.74) is -0.652. The first-order valence-corrected chi connectivity index (χ1v) is 5.63. The molecule has 0 aliphatic carbocycles. The van der Waals surface area contributed by atoms with Crippen molar-refractivity contribution in [1.82, 2.24) is 0 Å². The van der Waals surface area contributed by atoms with Gasteiger partial charge in [0.15, 0.2) is 0 Å². The molecule has 0 radical (unpaired) electrons. The van der Waals surface area contributed by atoms with Crippen LogP contribution >= 0.6 is 12.6 Å². The van der Waals surface area contributed by atoms with Crippen molar-refractivity contribution in [2.75, 3.05) is 0 Å². The van der Waals surface area contributed by atoms with Crippen LogP contribution in [-0.2, 0) is 0 Å². The van der Waals surface area contributed by atoms with Gasteiger partial charge in [0.1, 0.15) is 0 Å². The van der Waals surface area contributed by atoms with E-state index < -0.39 is 5.44 Å². The van der Waals surface area contributed by atoms with E-state index in [0.717, 1.165) is 12.8 Å². The molecular formula is C10H21NaOS. The summed E-state index contributed by atoms with van der Waals surface area (Å²) in [6.45, 7) is 2.23. The van der Waals surface area contributed by atoms with E-state index >= 15 is 0 Å². The maximum absolute atomic E-state index is 10.5. The third-order valence-electron chi connectivity index (χ3n) is 2.05. The van der Waals surface area contributed by atoms with E-state index in [2.05, 4.69) is 19.6 Å². The Bertz CT molecular complexity index is 89.0. The van der Waals surface area contributed by atoms with Crippen molar-refractivity contribution in [2.24, 2.45) is 0 Å². The Morgan fingerprint density at radius 2 is 1.46 bits per heavy atom. The Kier molecular flexibility index (Phi) is 17.1. The Labute approximate surface area is 110 Å². The zero-order chi connectivity index (χ0) is 9.23. The van der Waals surface area contributed by atoms with Crippen LogP contribution < -0.4 is 34.7 Å². The first-order chi connectivity index (χ1) is 5.77. The smallest absolute Gasteiger partial charge is 0.844 e. The molecule has 0 saturated carbocycles. The second kappa shape index (κ2) is 13.3. The molecule has 1 atom stereocenters. The minimum atomic E-state index is -0.652. The summed E-state index contributed by atoms with van der Waals surface area (Å²) < 4.78 is 0. The SMILES string of the molecule is CCCCCCCCCC([O-])S.[Na+]. The van der Waals surface area contributed by atoms with Crippen LogP contribution in [0.25, 0.3) is 0 Å². The van der Waals surface area contributed by atoms with E-state index in [0.29, 0.717) is 0 Å². The topological polar surface area (TPSA) is 23.1 Å². The molecule has 0 amide bonds. The van der Waals surface area contributed by atoms with Crippen LogP contribution in [0, 0.1) is 0 Å². The Balaban J connectivity index is 0. The van der Waals surface area contributed by atoms with Gasteiger partial charge in [0.2, 0.25) is 0 Å². The molecule has 1 nitrogen and oxygen atoms in total. The van der Waals surface area contributed by atoms with Gasteiger partial charge in [-0.3, -0.25) is 0 Å². The molecule has 0 aromatic heterocycles. The molecule has 0 aliphatic heterocycles. The molecule has 0 spiro atoms. The van der Waals surface area contributed by atoms with Gasteiger partial charge in [-0.1, -0.05) is 63.7 Å². The minimum Gasteiger partial charge on any atom is -0.844 e. The summed E-state index contributed by atoms with van der Waals surface area (Å²) in [5, 5.41) is 10.5. The van der Waals surface area contributed by atoms with Gasteiger partial charge >= 0.3 is 29.6 Å². The molecule has 74 valence electrons. The van der Waals surface area contributed by atoms with Crippen LogP contribution in [0.1, 0.15) is 58.3 Å². The number of hydrogen-bond donors (Lipinski definition) is 1. The fourth-order valence-corrected chi connectivity index (χ4v) is 1.46. The molecular weight excluding hydrogens is 191 g/mol. The first-order valence-electron chi connectivity index (χ1n) is 5.11. The molecule has 13 heavy (non-hydrogen) atoms. The van der Waals surface area contributed by atoms with Gasteiger partial charge in [-0.2, -0.15) is 12.6 Å². The van der Waals surface area contributed by atoms with Crippen molar-refractivity contribution in [3.05, 3.63) is 0 Å². The number of thiol groups is 1. The molecule has 0 saturated heterocycles. The third-order valence-corrected chi connectivity index (χ3v) is 2.31. The fourth-order valence-electron chi connectivity index (χ4n) is 1.28. The van der Waals surface area contributed by atoms with E-state index in [9.17, 15) is 5.11 Å². The summed E-state index contributed by atoms with van der Waals surface area (Å²) in [4.78, 5) is 0. The van der Waals surface area contributed by atoms with Crippen LogP contribution in [0.15, 0.2) is 0 Å². The van der Waals surface area contributed by atoms with Gasteiger partial charge < -0.3 is 5.11 Å². The molecule has 0 heterocycles. The molecule has 0 aliphatic rings. The van der Waals surface area contributed by atoms with E-state index in [1.165, 1.54) is 38.5 Å². The van der Waals surface area contributed by atoms with Crippen LogP contribution in [0.2, 0.25) is 0 Å². The van der Waals surface area contributed by atoms with Crippen LogP contribution in [0.3, 0.4) is 0 Å². The predicted octanol–water partition coefficient (Wildman–Crippen LogP) is -0.253. The van der Waals surface area contributed by atoms with Crippen LogP contribution in [0.4, 0.5) is 0 Å². The summed E-state index contributed by atoms with van der Waals surface area (Å²) in [6.07, 6.45) is 9.66. The third kappa shape index (κ3) is 16.0. The number of hydrogen-bond acceptors (Lipinski definition) is 2. The van der Waals surface area contributed by atoms with Gasteiger partial charge in [0, 0.05) is 0 Å². The average molecular weight is 212 g/mol. The van der Waals surface area contributed by atoms with Gasteiger partial charge in [-0.25, -0.2) is 0 Å². The summed E-state index contributed by atoms with van der Waals surface area (Å²) in [6, 6.07) is 0. The van der Waals surface area contributed by atoms with E-state index in [1.807, 2.05) is 0 Å². The van der Waals surface area contributed by atoms with E-state index in [-0.39, 0.29) is 29.6 Å². The monoisotopic (exact) mass is 212 g/mol. The van der Waals surface area contributed by atoms with Crippen molar-refractivity contribution < 1.29 is 34.7 Å². The van der Waals surface area contributed by atoms with Crippen LogP contribution in [0.5, 0.6) is 0 Å². The number of rotatable bonds is 8. The van der Waals surface area contributed by atoms with Crippen molar-refractivity contribution >= 4 is 12.6 Å². The average Bonchev–Trinajstić information content (AvgIpc) is 2.02. The molecule has 0 N–H and O–H groups in total. The molecule has 0 fully saturated rings. The predicted molar refractivity (Wildman–Crippen MR) is 55.4 cm³/mol. The van der Waals surface area contributed by atoms with Crippen molar-refractivity contribution in [1.29, 1.82) is 0 Å². The normalized spacial score (nSPS) is 12.2. The standard InChI is InChI=1S/C10H21OS.Na/c1-2-3-4-5-6-7-8-9-10(11)12;/h10,12H,2-9H2,1H3;/q-1;+1.